The van der Waals surface area contributed by atoms with Gasteiger partial charge in [0, 0.05) is 42.3 Å². The third kappa shape index (κ3) is 4.17. The van der Waals surface area contributed by atoms with Crippen molar-refractivity contribution in [3.63, 3.8) is 0 Å². The van der Waals surface area contributed by atoms with Crippen molar-refractivity contribution < 1.29 is 21.9 Å². The molecule has 4 aromatic rings. The van der Waals surface area contributed by atoms with Crippen molar-refractivity contribution in [3.05, 3.63) is 55.1 Å². The van der Waals surface area contributed by atoms with Crippen LogP contribution >= 0.6 is 0 Å². The summed E-state index contributed by atoms with van der Waals surface area (Å²) in [6, 6.07) is 7.33. The zero-order valence-corrected chi connectivity index (χ0v) is 16.2. The van der Waals surface area contributed by atoms with Gasteiger partial charge in [-0.15, -0.1) is 5.10 Å². The predicted octanol–water partition coefficient (Wildman–Crippen LogP) is 2.93. The second kappa shape index (κ2) is 7.63. The van der Waals surface area contributed by atoms with Crippen molar-refractivity contribution in [3.8, 4) is 17.0 Å². The summed E-state index contributed by atoms with van der Waals surface area (Å²) in [6.07, 6.45) is 6.94. The fourth-order valence-electron chi connectivity index (χ4n) is 2.67. The number of hydrogen-bond acceptors (Lipinski definition) is 8. The van der Waals surface area contributed by atoms with Gasteiger partial charge in [-0.05, 0) is 30.3 Å². The fraction of sp³-hybridized carbons (Fsp3) is 0.111. The molecule has 3 aromatic heterocycles. The average Bonchev–Trinajstić information content (AvgIpc) is 3.11. The molecule has 0 spiro atoms. The number of halogens is 2. The van der Waals surface area contributed by atoms with E-state index in [0.717, 1.165) is 6.26 Å². The van der Waals surface area contributed by atoms with Crippen LogP contribution in [0, 0.1) is 0 Å². The third-order valence-electron chi connectivity index (χ3n) is 4.00. The van der Waals surface area contributed by atoms with E-state index in [9.17, 15) is 17.2 Å². The van der Waals surface area contributed by atoms with Crippen molar-refractivity contribution in [2.24, 2.45) is 0 Å². The van der Waals surface area contributed by atoms with Crippen molar-refractivity contribution in [1.82, 2.24) is 24.6 Å². The molecule has 0 bridgehead atoms. The highest BCUT2D eigenvalue weighted by atomic mass is 32.2. The average molecular weight is 432 g/mol. The SMILES string of the molecule is CS(=O)(=O)c1cncc(-c2nccn3nc(Nc4ccc(OC(F)F)cc4)nc23)c1. The number of nitrogens with one attached hydrogen (secondary N) is 1. The number of aromatic nitrogens is 5. The molecule has 0 radical (unpaired) electrons. The molecule has 0 unspecified atom stereocenters. The number of rotatable bonds is 6. The van der Waals surface area contributed by atoms with Gasteiger partial charge in [0.2, 0.25) is 5.95 Å². The second-order valence-corrected chi connectivity index (χ2v) is 8.20. The van der Waals surface area contributed by atoms with Crippen LogP contribution in [0.15, 0.2) is 60.0 Å². The Labute approximate surface area is 169 Å². The molecule has 30 heavy (non-hydrogen) atoms. The van der Waals surface area contributed by atoms with Gasteiger partial charge in [0.1, 0.15) is 11.4 Å². The molecule has 3 heterocycles. The smallest absolute Gasteiger partial charge is 0.387 e. The van der Waals surface area contributed by atoms with Gasteiger partial charge in [0.15, 0.2) is 15.5 Å². The molecule has 0 amide bonds. The van der Waals surface area contributed by atoms with Crippen molar-refractivity contribution >= 4 is 27.1 Å². The van der Waals surface area contributed by atoms with Crippen LogP contribution in [-0.4, -0.2) is 45.9 Å². The van der Waals surface area contributed by atoms with Crippen LogP contribution in [0.5, 0.6) is 5.75 Å². The molecule has 0 atom stereocenters. The van der Waals surface area contributed by atoms with Gasteiger partial charge in [-0.2, -0.15) is 13.8 Å². The molecule has 0 saturated carbocycles. The Bertz CT molecular complexity index is 1310. The molecule has 1 aromatic carbocycles. The van der Waals surface area contributed by atoms with Crippen molar-refractivity contribution in [2.45, 2.75) is 11.5 Å². The number of fused-ring (bicyclic) bond motifs is 1. The van der Waals surface area contributed by atoms with Crippen molar-refractivity contribution in [1.29, 1.82) is 0 Å². The van der Waals surface area contributed by atoms with E-state index >= 15 is 0 Å². The summed E-state index contributed by atoms with van der Waals surface area (Å²) >= 11 is 0. The molecule has 9 nitrogen and oxygen atoms in total. The summed E-state index contributed by atoms with van der Waals surface area (Å²) in [6.45, 7) is -2.90. The Kier molecular flexibility index (Phi) is 4.99. The first-order chi connectivity index (χ1) is 14.3. The number of sulfone groups is 1. The van der Waals surface area contributed by atoms with Gasteiger partial charge in [0.05, 0.1) is 4.90 Å². The standard InChI is InChI=1S/C18H14F2N6O3S/c1-30(27,28)14-8-11(9-21-10-14)15-16-24-18(25-26(16)7-6-22-15)23-12-2-4-13(5-3-12)29-17(19)20/h2-10,17H,1H3,(H,23,25). The number of pyridine rings is 1. The van der Waals surface area contributed by atoms with Gasteiger partial charge in [-0.1, -0.05) is 0 Å². The highest BCUT2D eigenvalue weighted by Gasteiger charge is 2.15. The van der Waals surface area contributed by atoms with Crippen LogP contribution in [-0.2, 0) is 9.84 Å². The van der Waals surface area contributed by atoms with E-state index in [1.165, 1.54) is 41.3 Å². The third-order valence-corrected chi connectivity index (χ3v) is 5.08. The first-order valence-electron chi connectivity index (χ1n) is 8.48. The van der Waals surface area contributed by atoms with Crippen LogP contribution < -0.4 is 10.1 Å². The summed E-state index contributed by atoms with van der Waals surface area (Å²) in [7, 11) is -3.44. The first-order valence-corrected chi connectivity index (χ1v) is 10.4. The normalized spacial score (nSPS) is 11.7. The lowest BCUT2D eigenvalue weighted by atomic mass is 10.2. The molecule has 0 aliphatic carbocycles. The summed E-state index contributed by atoms with van der Waals surface area (Å²) < 4.78 is 53.9. The second-order valence-electron chi connectivity index (χ2n) is 6.19. The lowest BCUT2D eigenvalue weighted by molar-refractivity contribution is -0.0498. The van der Waals surface area contributed by atoms with E-state index in [-0.39, 0.29) is 16.6 Å². The largest absolute Gasteiger partial charge is 0.435 e. The lowest BCUT2D eigenvalue weighted by Crippen LogP contribution is -2.01. The maximum absolute atomic E-state index is 12.2. The summed E-state index contributed by atoms with van der Waals surface area (Å²) in [5.41, 5.74) is 1.81. The van der Waals surface area contributed by atoms with Gasteiger partial charge in [0.25, 0.3) is 0 Å². The number of benzene rings is 1. The Hall–Kier alpha value is -3.67. The monoisotopic (exact) mass is 432 g/mol. The molecule has 4 rings (SSSR count). The summed E-state index contributed by atoms with van der Waals surface area (Å²) in [4.78, 5) is 12.7. The molecule has 0 saturated heterocycles. The van der Waals surface area contributed by atoms with Gasteiger partial charge < -0.3 is 10.1 Å². The minimum absolute atomic E-state index is 0.0308. The zero-order chi connectivity index (χ0) is 21.3. The highest BCUT2D eigenvalue weighted by Crippen LogP contribution is 2.25. The molecular formula is C18H14F2N6O3S. The maximum Gasteiger partial charge on any atom is 0.387 e. The number of hydrogen-bond donors (Lipinski definition) is 1. The van der Waals surface area contributed by atoms with E-state index < -0.39 is 16.4 Å². The Balaban J connectivity index is 1.66. The molecule has 0 aliphatic heterocycles. The van der Waals surface area contributed by atoms with Crippen LogP contribution in [0.3, 0.4) is 0 Å². The molecule has 12 heteroatoms. The summed E-state index contributed by atoms with van der Waals surface area (Å²) in [5.74, 6) is 0.266. The van der Waals surface area contributed by atoms with Gasteiger partial charge >= 0.3 is 6.61 Å². The van der Waals surface area contributed by atoms with Crippen LogP contribution in [0.2, 0.25) is 0 Å². The first kappa shape index (κ1) is 19.6. The Morgan fingerprint density at radius 2 is 1.93 bits per heavy atom. The minimum Gasteiger partial charge on any atom is -0.435 e. The van der Waals surface area contributed by atoms with E-state index in [4.69, 9.17) is 0 Å². The molecular weight excluding hydrogens is 418 g/mol. The zero-order valence-electron chi connectivity index (χ0n) is 15.4. The van der Waals surface area contributed by atoms with Crippen LogP contribution in [0.4, 0.5) is 20.4 Å². The van der Waals surface area contributed by atoms with E-state index in [0.29, 0.717) is 22.6 Å². The molecule has 0 aliphatic rings. The van der Waals surface area contributed by atoms with E-state index in [1.54, 1.807) is 18.3 Å². The lowest BCUT2D eigenvalue weighted by Gasteiger charge is -2.05. The topological polar surface area (TPSA) is 111 Å². The number of anilines is 2. The van der Waals surface area contributed by atoms with Crippen molar-refractivity contribution in [2.75, 3.05) is 11.6 Å². The van der Waals surface area contributed by atoms with E-state index in [2.05, 4.69) is 30.1 Å². The number of nitrogens with zero attached hydrogens (tertiary/aromatic N) is 5. The van der Waals surface area contributed by atoms with E-state index in [1.807, 2.05) is 0 Å². The maximum atomic E-state index is 12.2. The Morgan fingerprint density at radius 3 is 2.63 bits per heavy atom. The number of alkyl halides is 2. The van der Waals surface area contributed by atoms with Crippen LogP contribution in [0.1, 0.15) is 0 Å². The van der Waals surface area contributed by atoms with Gasteiger partial charge in [-0.3, -0.25) is 9.97 Å². The number of ether oxygens (including phenoxy) is 1. The molecule has 0 fully saturated rings. The molecule has 1 N–H and O–H groups in total. The summed E-state index contributed by atoms with van der Waals surface area (Å²) in [5, 5.41) is 7.26. The molecule has 154 valence electrons. The van der Waals surface area contributed by atoms with Gasteiger partial charge in [-0.25, -0.2) is 12.9 Å². The van der Waals surface area contributed by atoms with Crippen LogP contribution in [0.25, 0.3) is 16.9 Å². The predicted molar refractivity (Wildman–Crippen MR) is 103 cm³/mol. The minimum atomic E-state index is -3.44. The quantitative estimate of drug-likeness (QED) is 0.495. The fourth-order valence-corrected chi connectivity index (χ4v) is 3.27. The highest BCUT2D eigenvalue weighted by molar-refractivity contribution is 7.90. The Morgan fingerprint density at radius 1 is 1.17 bits per heavy atom.